The molecule has 0 atom stereocenters. The van der Waals surface area contributed by atoms with Gasteiger partial charge in [-0.05, 0) is 25.3 Å². The van der Waals surface area contributed by atoms with Crippen LogP contribution in [-0.4, -0.2) is 89.7 Å². The molecular formula is C22H28N4O3. The van der Waals surface area contributed by atoms with Gasteiger partial charge in [-0.3, -0.25) is 24.2 Å². The molecule has 3 aliphatic rings. The Kier molecular flexibility index (Phi) is 5.67. The number of fused-ring (bicyclic) bond motifs is 1. The lowest BCUT2D eigenvalue weighted by Crippen LogP contribution is -2.53. The van der Waals surface area contributed by atoms with Crippen molar-refractivity contribution in [2.45, 2.75) is 19.3 Å². The van der Waals surface area contributed by atoms with Gasteiger partial charge in [0.05, 0.1) is 6.54 Å². The minimum Gasteiger partial charge on any atom is -0.342 e. The molecule has 7 heteroatoms. The average molecular weight is 396 g/mol. The maximum absolute atomic E-state index is 12.8. The molecule has 1 aromatic rings. The van der Waals surface area contributed by atoms with Crippen molar-refractivity contribution in [1.82, 2.24) is 19.6 Å². The zero-order chi connectivity index (χ0) is 20.4. The lowest BCUT2D eigenvalue weighted by Gasteiger charge is -2.36. The number of hydrogen-bond acceptors (Lipinski definition) is 4. The minimum atomic E-state index is -0.162. The molecule has 3 aliphatic heterocycles. The summed E-state index contributed by atoms with van der Waals surface area (Å²) in [6.45, 7) is 8.69. The average Bonchev–Trinajstić information content (AvgIpc) is 3.00. The van der Waals surface area contributed by atoms with Crippen molar-refractivity contribution in [3.05, 3.63) is 42.0 Å². The van der Waals surface area contributed by atoms with Crippen molar-refractivity contribution in [1.29, 1.82) is 0 Å². The predicted octanol–water partition coefficient (Wildman–Crippen LogP) is 1.27. The number of amides is 3. The number of rotatable bonds is 4. The first-order valence-corrected chi connectivity index (χ1v) is 10.4. The van der Waals surface area contributed by atoms with E-state index in [4.69, 9.17) is 0 Å². The summed E-state index contributed by atoms with van der Waals surface area (Å²) in [5.41, 5.74) is 1.99. The normalized spacial score (nSPS) is 20.2. The molecule has 0 bridgehead atoms. The van der Waals surface area contributed by atoms with E-state index in [1.54, 1.807) is 11.0 Å². The van der Waals surface area contributed by atoms with Gasteiger partial charge in [-0.2, -0.15) is 0 Å². The van der Waals surface area contributed by atoms with E-state index in [9.17, 15) is 14.4 Å². The van der Waals surface area contributed by atoms with E-state index in [1.807, 2.05) is 23.1 Å². The Labute approximate surface area is 171 Å². The van der Waals surface area contributed by atoms with Crippen LogP contribution in [-0.2, 0) is 9.59 Å². The first-order chi connectivity index (χ1) is 14.0. The third-order valence-electron chi connectivity index (χ3n) is 6.13. The van der Waals surface area contributed by atoms with Crippen molar-refractivity contribution in [3.8, 4) is 0 Å². The zero-order valence-electron chi connectivity index (χ0n) is 16.8. The third kappa shape index (κ3) is 4.05. The third-order valence-corrected chi connectivity index (χ3v) is 6.13. The highest BCUT2D eigenvalue weighted by molar-refractivity contribution is 6.10. The topological polar surface area (TPSA) is 64.2 Å². The number of likely N-dealkylation sites (tertiary alicyclic amines) is 1. The molecule has 1 aromatic carbocycles. The number of benzene rings is 1. The second-order valence-electron chi connectivity index (χ2n) is 7.98. The van der Waals surface area contributed by atoms with Gasteiger partial charge < -0.3 is 9.80 Å². The Hall–Kier alpha value is -2.67. The van der Waals surface area contributed by atoms with E-state index in [-0.39, 0.29) is 24.3 Å². The van der Waals surface area contributed by atoms with E-state index < -0.39 is 0 Å². The standard InChI is InChI=1S/C22H28N4O3/c1-17-18-7-3-4-8-19(18)22(29)26(17)16-21(28)25-13-11-23(12-14-25)15-20(27)24-9-5-2-6-10-24/h3-4,7-8H,1-2,5-6,9-16H2. The summed E-state index contributed by atoms with van der Waals surface area (Å²) >= 11 is 0. The lowest BCUT2D eigenvalue weighted by molar-refractivity contribution is -0.135. The molecule has 7 nitrogen and oxygen atoms in total. The number of carbonyl (C=O) groups excluding carboxylic acids is 3. The minimum absolute atomic E-state index is 0.0130. The Bertz CT molecular complexity index is 788. The molecule has 0 N–H and O–H groups in total. The van der Waals surface area contributed by atoms with Crippen molar-refractivity contribution in [2.24, 2.45) is 0 Å². The molecule has 0 saturated carbocycles. The molecule has 2 fully saturated rings. The van der Waals surface area contributed by atoms with Crippen molar-refractivity contribution in [3.63, 3.8) is 0 Å². The Morgan fingerprint density at radius 1 is 0.793 bits per heavy atom. The summed E-state index contributed by atoms with van der Waals surface area (Å²) in [6.07, 6.45) is 3.40. The zero-order valence-corrected chi connectivity index (χ0v) is 16.8. The summed E-state index contributed by atoms with van der Waals surface area (Å²) < 4.78 is 0. The highest BCUT2D eigenvalue weighted by Crippen LogP contribution is 2.30. The molecule has 0 unspecified atom stereocenters. The molecule has 3 amide bonds. The number of hydrogen-bond donors (Lipinski definition) is 0. The number of carbonyl (C=O) groups is 3. The van der Waals surface area contributed by atoms with Gasteiger partial charge in [0.1, 0.15) is 6.54 Å². The fraction of sp³-hybridized carbons (Fsp3) is 0.500. The van der Waals surface area contributed by atoms with E-state index in [1.165, 1.54) is 11.3 Å². The van der Waals surface area contributed by atoms with Gasteiger partial charge in [-0.1, -0.05) is 24.8 Å². The van der Waals surface area contributed by atoms with Gasteiger partial charge >= 0.3 is 0 Å². The molecule has 0 radical (unpaired) electrons. The Morgan fingerprint density at radius 3 is 2.03 bits per heavy atom. The molecular weight excluding hydrogens is 368 g/mol. The van der Waals surface area contributed by atoms with Crippen LogP contribution >= 0.6 is 0 Å². The SMILES string of the molecule is C=C1c2ccccc2C(=O)N1CC(=O)N1CCN(CC(=O)N2CCCCC2)CC1. The van der Waals surface area contributed by atoms with Crippen molar-refractivity contribution < 1.29 is 14.4 Å². The molecule has 29 heavy (non-hydrogen) atoms. The van der Waals surface area contributed by atoms with Crippen LogP contribution in [0.5, 0.6) is 0 Å². The summed E-state index contributed by atoms with van der Waals surface area (Å²) in [5, 5.41) is 0. The first-order valence-electron chi connectivity index (χ1n) is 10.4. The number of piperidine rings is 1. The Balaban J connectivity index is 1.27. The van der Waals surface area contributed by atoms with Crippen LogP contribution in [0.15, 0.2) is 30.8 Å². The second-order valence-corrected chi connectivity index (χ2v) is 7.98. The lowest BCUT2D eigenvalue weighted by atomic mass is 10.1. The van der Waals surface area contributed by atoms with Gasteiger partial charge in [-0.25, -0.2) is 0 Å². The van der Waals surface area contributed by atoms with Crippen LogP contribution in [0.25, 0.3) is 5.70 Å². The Morgan fingerprint density at radius 2 is 1.38 bits per heavy atom. The maximum atomic E-state index is 12.8. The molecule has 0 aromatic heterocycles. The van der Waals surface area contributed by atoms with Crippen LogP contribution in [0.4, 0.5) is 0 Å². The summed E-state index contributed by atoms with van der Waals surface area (Å²) in [4.78, 5) is 45.1. The summed E-state index contributed by atoms with van der Waals surface area (Å²) in [6, 6.07) is 7.32. The van der Waals surface area contributed by atoms with Crippen LogP contribution < -0.4 is 0 Å². The summed E-state index contributed by atoms with van der Waals surface area (Å²) in [5.74, 6) is -0.0415. The van der Waals surface area contributed by atoms with E-state index >= 15 is 0 Å². The molecule has 3 heterocycles. The van der Waals surface area contributed by atoms with Gasteiger partial charge in [0.25, 0.3) is 5.91 Å². The van der Waals surface area contributed by atoms with E-state index in [2.05, 4.69) is 11.5 Å². The smallest absolute Gasteiger partial charge is 0.259 e. The van der Waals surface area contributed by atoms with Crippen molar-refractivity contribution in [2.75, 3.05) is 52.4 Å². The van der Waals surface area contributed by atoms with Crippen LogP contribution in [0.3, 0.4) is 0 Å². The predicted molar refractivity (Wildman–Crippen MR) is 110 cm³/mol. The van der Waals surface area contributed by atoms with Crippen molar-refractivity contribution >= 4 is 23.4 Å². The molecule has 2 saturated heterocycles. The summed E-state index contributed by atoms with van der Waals surface area (Å²) in [7, 11) is 0. The molecule has 154 valence electrons. The van der Waals surface area contributed by atoms with Crippen LogP contribution in [0, 0.1) is 0 Å². The second kappa shape index (κ2) is 8.37. The highest BCUT2D eigenvalue weighted by atomic mass is 16.2. The number of piperazine rings is 1. The van der Waals surface area contributed by atoms with E-state index in [0.717, 1.165) is 31.5 Å². The fourth-order valence-electron chi connectivity index (χ4n) is 4.33. The monoisotopic (exact) mass is 396 g/mol. The molecule has 0 aliphatic carbocycles. The van der Waals surface area contributed by atoms with Gasteiger partial charge in [0.15, 0.2) is 0 Å². The molecule has 4 rings (SSSR count). The first kappa shape index (κ1) is 19.6. The number of nitrogens with zero attached hydrogens (tertiary/aromatic N) is 4. The fourth-order valence-corrected chi connectivity index (χ4v) is 4.33. The van der Waals surface area contributed by atoms with Gasteiger partial charge in [0.2, 0.25) is 11.8 Å². The quantitative estimate of drug-likeness (QED) is 0.769. The van der Waals surface area contributed by atoms with Gasteiger partial charge in [0, 0.05) is 56.1 Å². The molecule has 0 spiro atoms. The van der Waals surface area contributed by atoms with Crippen LogP contribution in [0.1, 0.15) is 35.2 Å². The maximum Gasteiger partial charge on any atom is 0.259 e. The van der Waals surface area contributed by atoms with E-state index in [0.29, 0.717) is 44.0 Å². The largest absolute Gasteiger partial charge is 0.342 e. The van der Waals surface area contributed by atoms with Crippen LogP contribution in [0.2, 0.25) is 0 Å². The van der Waals surface area contributed by atoms with Gasteiger partial charge in [-0.15, -0.1) is 0 Å². The highest BCUT2D eigenvalue weighted by Gasteiger charge is 2.33.